The topological polar surface area (TPSA) is 12.0 Å². The second-order valence-electron chi connectivity index (χ2n) is 4.14. The lowest BCUT2D eigenvalue weighted by Crippen LogP contribution is -2.20. The van der Waals surface area contributed by atoms with Crippen LogP contribution in [0, 0.1) is 17.5 Å². The predicted molar refractivity (Wildman–Crippen MR) is 63.5 cm³/mol. The molecular formula is C13H18F3N. The summed E-state index contributed by atoms with van der Waals surface area (Å²) in [7, 11) is 0. The van der Waals surface area contributed by atoms with Gasteiger partial charge in [-0.15, -0.1) is 0 Å². The molecule has 0 aromatic heterocycles. The van der Waals surface area contributed by atoms with E-state index in [1.54, 1.807) is 0 Å². The third kappa shape index (κ3) is 3.65. The molecule has 0 aliphatic heterocycles. The first-order chi connectivity index (χ1) is 8.10. The van der Waals surface area contributed by atoms with E-state index in [1.807, 2.05) is 13.8 Å². The summed E-state index contributed by atoms with van der Waals surface area (Å²) in [6, 6.07) is 2.28. The van der Waals surface area contributed by atoms with Crippen molar-refractivity contribution in [1.29, 1.82) is 0 Å². The molecule has 0 unspecified atom stereocenters. The molecule has 1 aromatic carbocycles. The van der Waals surface area contributed by atoms with Gasteiger partial charge in [0.1, 0.15) is 0 Å². The van der Waals surface area contributed by atoms with Crippen molar-refractivity contribution < 1.29 is 13.2 Å². The number of rotatable bonds is 6. The Bertz CT molecular complexity index is 360. The third-order valence-electron chi connectivity index (χ3n) is 2.67. The molecule has 0 heterocycles. The Hall–Kier alpha value is -1.19. The van der Waals surface area contributed by atoms with Crippen molar-refractivity contribution >= 4 is 5.69 Å². The van der Waals surface area contributed by atoms with Crippen LogP contribution < -0.4 is 5.32 Å². The van der Waals surface area contributed by atoms with Gasteiger partial charge in [-0.3, -0.25) is 0 Å². The highest BCUT2D eigenvalue weighted by molar-refractivity contribution is 5.46. The molecular weight excluding hydrogens is 227 g/mol. The number of nitrogens with one attached hydrogen (secondary N) is 1. The predicted octanol–water partition coefficient (Wildman–Crippen LogP) is 4.48. The fourth-order valence-corrected chi connectivity index (χ4v) is 1.84. The van der Waals surface area contributed by atoms with E-state index in [-0.39, 0.29) is 11.7 Å². The highest BCUT2D eigenvalue weighted by Gasteiger charge is 2.15. The van der Waals surface area contributed by atoms with Gasteiger partial charge in [0, 0.05) is 6.04 Å². The largest absolute Gasteiger partial charge is 0.380 e. The average molecular weight is 245 g/mol. The molecule has 0 spiro atoms. The van der Waals surface area contributed by atoms with Gasteiger partial charge in [0.05, 0.1) is 5.69 Å². The maximum Gasteiger partial charge on any atom is 0.196 e. The summed E-state index contributed by atoms with van der Waals surface area (Å²) in [6.07, 6.45) is 3.68. The number of hydrogen-bond donors (Lipinski definition) is 1. The lowest BCUT2D eigenvalue weighted by atomic mass is 10.1. The first kappa shape index (κ1) is 13.9. The Morgan fingerprint density at radius 1 is 1.00 bits per heavy atom. The average Bonchev–Trinajstić information content (AvgIpc) is 2.30. The number of anilines is 1. The van der Waals surface area contributed by atoms with Crippen LogP contribution in [0.15, 0.2) is 12.1 Å². The first-order valence-corrected chi connectivity index (χ1v) is 6.00. The molecule has 0 saturated heterocycles. The van der Waals surface area contributed by atoms with Crippen LogP contribution >= 0.6 is 0 Å². The number of halogens is 3. The Balaban J connectivity index is 2.82. The van der Waals surface area contributed by atoms with Crippen LogP contribution in [-0.4, -0.2) is 6.04 Å². The van der Waals surface area contributed by atoms with Crippen LogP contribution in [-0.2, 0) is 0 Å². The van der Waals surface area contributed by atoms with Gasteiger partial charge in [0.15, 0.2) is 17.5 Å². The Labute approximate surface area is 100 Å². The maximum absolute atomic E-state index is 13.4. The maximum atomic E-state index is 13.4. The van der Waals surface area contributed by atoms with E-state index >= 15 is 0 Å². The summed E-state index contributed by atoms with van der Waals surface area (Å²) in [6.45, 7) is 4.07. The van der Waals surface area contributed by atoms with Crippen LogP contribution in [0.5, 0.6) is 0 Å². The Kier molecular flexibility index (Phi) is 5.32. The fraction of sp³-hybridized carbons (Fsp3) is 0.538. The third-order valence-corrected chi connectivity index (χ3v) is 2.67. The van der Waals surface area contributed by atoms with Crippen LogP contribution in [0.4, 0.5) is 18.9 Å². The molecule has 1 N–H and O–H groups in total. The molecule has 1 aromatic rings. The summed E-state index contributed by atoms with van der Waals surface area (Å²) in [5.41, 5.74) is 0.0378. The fourth-order valence-electron chi connectivity index (χ4n) is 1.84. The van der Waals surface area contributed by atoms with E-state index in [0.29, 0.717) is 0 Å². The van der Waals surface area contributed by atoms with Crippen LogP contribution in [0.25, 0.3) is 0 Å². The van der Waals surface area contributed by atoms with Gasteiger partial charge in [-0.1, -0.05) is 26.7 Å². The lowest BCUT2D eigenvalue weighted by Gasteiger charge is -2.19. The molecule has 0 saturated carbocycles. The van der Waals surface area contributed by atoms with Gasteiger partial charge in [0.25, 0.3) is 0 Å². The van der Waals surface area contributed by atoms with Crippen molar-refractivity contribution in [3.8, 4) is 0 Å². The monoisotopic (exact) mass is 245 g/mol. The molecule has 1 rings (SSSR count). The molecule has 0 amide bonds. The molecule has 96 valence electrons. The number of benzene rings is 1. The Morgan fingerprint density at radius 3 is 2.12 bits per heavy atom. The van der Waals surface area contributed by atoms with Crippen LogP contribution in [0.2, 0.25) is 0 Å². The minimum Gasteiger partial charge on any atom is -0.380 e. The van der Waals surface area contributed by atoms with Crippen molar-refractivity contribution in [3.05, 3.63) is 29.6 Å². The molecule has 4 heteroatoms. The van der Waals surface area contributed by atoms with Crippen LogP contribution in [0.3, 0.4) is 0 Å². The summed E-state index contributed by atoms with van der Waals surface area (Å²) in [5, 5.41) is 2.94. The van der Waals surface area contributed by atoms with Crippen molar-refractivity contribution in [3.63, 3.8) is 0 Å². The highest BCUT2D eigenvalue weighted by Crippen LogP contribution is 2.22. The van der Waals surface area contributed by atoms with E-state index in [9.17, 15) is 13.2 Å². The zero-order valence-corrected chi connectivity index (χ0v) is 10.2. The second kappa shape index (κ2) is 6.52. The molecule has 0 radical (unpaired) electrons. The van der Waals surface area contributed by atoms with E-state index in [1.165, 1.54) is 6.07 Å². The molecule has 17 heavy (non-hydrogen) atoms. The quantitative estimate of drug-likeness (QED) is 0.728. The van der Waals surface area contributed by atoms with Crippen LogP contribution in [0.1, 0.15) is 39.5 Å². The molecule has 1 nitrogen and oxygen atoms in total. The van der Waals surface area contributed by atoms with Gasteiger partial charge in [-0.2, -0.15) is 0 Å². The Morgan fingerprint density at radius 2 is 1.59 bits per heavy atom. The van der Waals surface area contributed by atoms with E-state index in [4.69, 9.17) is 0 Å². The van der Waals surface area contributed by atoms with Gasteiger partial charge in [-0.05, 0) is 25.0 Å². The lowest BCUT2D eigenvalue weighted by molar-refractivity contribution is 0.447. The zero-order valence-electron chi connectivity index (χ0n) is 10.2. The van der Waals surface area contributed by atoms with Gasteiger partial charge >= 0.3 is 0 Å². The minimum atomic E-state index is -1.42. The van der Waals surface area contributed by atoms with E-state index < -0.39 is 17.5 Å². The van der Waals surface area contributed by atoms with Crippen molar-refractivity contribution in [2.75, 3.05) is 5.32 Å². The summed E-state index contributed by atoms with van der Waals surface area (Å²) < 4.78 is 39.2. The number of hydrogen-bond acceptors (Lipinski definition) is 1. The zero-order chi connectivity index (χ0) is 12.8. The second-order valence-corrected chi connectivity index (χ2v) is 4.14. The normalized spacial score (nSPS) is 10.9. The van der Waals surface area contributed by atoms with Crippen molar-refractivity contribution in [2.45, 2.75) is 45.6 Å². The van der Waals surface area contributed by atoms with E-state index in [2.05, 4.69) is 5.32 Å². The summed E-state index contributed by atoms with van der Waals surface area (Å²) >= 11 is 0. The smallest absolute Gasteiger partial charge is 0.196 e. The van der Waals surface area contributed by atoms with Gasteiger partial charge in [0.2, 0.25) is 0 Å². The standard InChI is InChI=1S/C13H18F3N/c1-3-5-9(6-4-2)17-11-8-7-10(14)12(15)13(11)16/h7-9,17H,3-6H2,1-2H3. The van der Waals surface area contributed by atoms with Crippen molar-refractivity contribution in [1.82, 2.24) is 0 Å². The van der Waals surface area contributed by atoms with Crippen molar-refractivity contribution in [2.24, 2.45) is 0 Å². The van der Waals surface area contributed by atoms with E-state index in [0.717, 1.165) is 31.7 Å². The molecule has 0 aliphatic carbocycles. The summed E-state index contributed by atoms with van der Waals surface area (Å²) in [4.78, 5) is 0. The van der Waals surface area contributed by atoms with Gasteiger partial charge in [-0.25, -0.2) is 13.2 Å². The highest BCUT2D eigenvalue weighted by atomic mass is 19.2. The summed E-state index contributed by atoms with van der Waals surface area (Å²) in [5.74, 6) is -3.71. The molecule has 0 aliphatic rings. The minimum absolute atomic E-state index is 0.0378. The molecule has 0 bridgehead atoms. The molecule has 0 atom stereocenters. The molecule has 0 fully saturated rings. The van der Waals surface area contributed by atoms with Gasteiger partial charge < -0.3 is 5.32 Å². The SMILES string of the molecule is CCCC(CCC)Nc1ccc(F)c(F)c1F. The first-order valence-electron chi connectivity index (χ1n) is 6.00.